The molecule has 0 radical (unpaired) electrons. The van der Waals surface area contributed by atoms with Crippen molar-refractivity contribution in [2.24, 2.45) is 0 Å². The first-order valence-electron chi connectivity index (χ1n) is 9.07. The molecule has 2 N–H and O–H groups in total. The number of hydrogen-bond acceptors (Lipinski definition) is 3. The van der Waals surface area contributed by atoms with Crippen molar-refractivity contribution in [1.82, 2.24) is 5.32 Å². The fourth-order valence-electron chi connectivity index (χ4n) is 2.66. The third kappa shape index (κ3) is 5.10. The zero-order valence-corrected chi connectivity index (χ0v) is 17.4. The molecule has 5 nitrogen and oxygen atoms in total. The van der Waals surface area contributed by atoms with Gasteiger partial charge < -0.3 is 5.32 Å². The first-order valence-corrected chi connectivity index (χ1v) is 10.6. The second kappa shape index (κ2) is 8.13. The van der Waals surface area contributed by atoms with E-state index in [0.29, 0.717) is 17.7 Å². The van der Waals surface area contributed by atoms with E-state index in [1.807, 2.05) is 39.8 Å². The molecule has 6 heteroatoms. The molecule has 0 aliphatic rings. The highest BCUT2D eigenvalue weighted by molar-refractivity contribution is 7.92. The normalized spacial score (nSPS) is 11.9. The lowest BCUT2D eigenvalue weighted by Crippen LogP contribution is -2.26. The van der Waals surface area contributed by atoms with Crippen LogP contribution < -0.4 is 10.0 Å². The summed E-state index contributed by atoms with van der Waals surface area (Å²) in [6, 6.07) is 12.1. The molecule has 27 heavy (non-hydrogen) atoms. The van der Waals surface area contributed by atoms with Gasteiger partial charge in [-0.2, -0.15) is 0 Å². The van der Waals surface area contributed by atoms with Crippen LogP contribution in [-0.4, -0.2) is 20.9 Å². The van der Waals surface area contributed by atoms with Gasteiger partial charge in [0.25, 0.3) is 15.9 Å². The fraction of sp³-hybridized carbons (Fsp3) is 0.381. The predicted molar refractivity (Wildman–Crippen MR) is 110 cm³/mol. The van der Waals surface area contributed by atoms with Gasteiger partial charge in [-0.3, -0.25) is 9.52 Å². The van der Waals surface area contributed by atoms with Crippen LogP contribution in [0.4, 0.5) is 5.69 Å². The van der Waals surface area contributed by atoms with E-state index in [1.165, 1.54) is 0 Å². The number of aryl methyl sites for hydroxylation is 1. The fourth-order valence-corrected chi connectivity index (χ4v) is 4.01. The Bertz CT molecular complexity index is 929. The molecular weight excluding hydrogens is 360 g/mol. The molecule has 2 aromatic carbocycles. The summed E-state index contributed by atoms with van der Waals surface area (Å²) >= 11 is 0. The van der Waals surface area contributed by atoms with E-state index < -0.39 is 10.0 Å². The molecule has 0 aromatic heterocycles. The van der Waals surface area contributed by atoms with Crippen molar-refractivity contribution >= 4 is 21.6 Å². The molecule has 0 fully saturated rings. The Labute approximate surface area is 162 Å². The van der Waals surface area contributed by atoms with Crippen molar-refractivity contribution in [2.45, 2.75) is 51.3 Å². The zero-order chi connectivity index (χ0) is 20.2. The lowest BCUT2D eigenvalue weighted by atomic mass is 9.87. The van der Waals surface area contributed by atoms with Gasteiger partial charge in [0.1, 0.15) is 0 Å². The van der Waals surface area contributed by atoms with Crippen LogP contribution in [0.25, 0.3) is 0 Å². The van der Waals surface area contributed by atoms with Crippen molar-refractivity contribution in [3.8, 4) is 0 Å². The second-order valence-corrected chi connectivity index (χ2v) is 9.29. The van der Waals surface area contributed by atoms with Crippen LogP contribution in [0.1, 0.15) is 55.6 Å². The van der Waals surface area contributed by atoms with Gasteiger partial charge in [-0.25, -0.2) is 8.42 Å². The number of benzene rings is 2. The van der Waals surface area contributed by atoms with E-state index >= 15 is 0 Å². The van der Waals surface area contributed by atoms with Crippen molar-refractivity contribution < 1.29 is 13.2 Å². The van der Waals surface area contributed by atoms with Crippen molar-refractivity contribution in [1.29, 1.82) is 0 Å². The van der Waals surface area contributed by atoms with Gasteiger partial charge in [0, 0.05) is 6.54 Å². The molecule has 0 saturated carbocycles. The minimum atomic E-state index is -3.83. The van der Waals surface area contributed by atoms with E-state index in [1.54, 1.807) is 37.3 Å². The molecule has 146 valence electrons. The first-order chi connectivity index (χ1) is 12.6. The summed E-state index contributed by atoms with van der Waals surface area (Å²) in [7, 11) is -3.83. The van der Waals surface area contributed by atoms with Crippen LogP contribution in [0.5, 0.6) is 0 Å². The van der Waals surface area contributed by atoms with Crippen molar-refractivity contribution in [2.75, 3.05) is 11.3 Å². The number of carbonyl (C=O) groups is 1. The number of carbonyl (C=O) groups excluding carboxylic acids is 1. The summed E-state index contributed by atoms with van der Waals surface area (Å²) in [6.45, 7) is 10.4. The van der Waals surface area contributed by atoms with E-state index in [-0.39, 0.29) is 21.9 Å². The molecule has 2 rings (SSSR count). The maximum absolute atomic E-state index is 13.0. The third-order valence-electron chi connectivity index (χ3n) is 4.30. The highest BCUT2D eigenvalue weighted by Gasteiger charge is 2.23. The zero-order valence-electron chi connectivity index (χ0n) is 16.6. The molecule has 0 heterocycles. The standard InChI is InChI=1S/C21H28N2O3S/c1-6-13-22-20(24)17-9-7-8-10-18(17)23-27(25,26)19-14-16(21(3,4)5)12-11-15(19)2/h7-12,14,23H,6,13H2,1-5H3,(H,22,24). The average Bonchev–Trinajstić information content (AvgIpc) is 2.59. The van der Waals surface area contributed by atoms with E-state index in [4.69, 9.17) is 0 Å². The number of para-hydroxylation sites is 1. The lowest BCUT2D eigenvalue weighted by Gasteiger charge is -2.21. The number of nitrogens with one attached hydrogen (secondary N) is 2. The molecule has 2 aromatic rings. The van der Waals surface area contributed by atoms with Gasteiger partial charge in [-0.1, -0.05) is 52.0 Å². The Balaban J connectivity index is 2.42. The van der Waals surface area contributed by atoms with Crippen LogP contribution in [-0.2, 0) is 15.4 Å². The Morgan fingerprint density at radius 3 is 2.37 bits per heavy atom. The van der Waals surface area contributed by atoms with E-state index in [9.17, 15) is 13.2 Å². The number of anilines is 1. The maximum atomic E-state index is 13.0. The van der Waals surface area contributed by atoms with Gasteiger partial charge in [-0.05, 0) is 48.1 Å². The number of hydrogen-bond donors (Lipinski definition) is 2. The SMILES string of the molecule is CCCNC(=O)c1ccccc1NS(=O)(=O)c1cc(C(C)(C)C)ccc1C. The number of rotatable bonds is 6. The van der Waals surface area contributed by atoms with Crippen LogP contribution in [0, 0.1) is 6.92 Å². The molecule has 0 aliphatic heterocycles. The molecule has 1 amide bonds. The van der Waals surface area contributed by atoms with Gasteiger partial charge in [-0.15, -0.1) is 0 Å². The highest BCUT2D eigenvalue weighted by atomic mass is 32.2. The Morgan fingerprint density at radius 2 is 1.74 bits per heavy atom. The summed E-state index contributed by atoms with van der Waals surface area (Å²) in [5.74, 6) is -0.296. The summed E-state index contributed by atoms with van der Waals surface area (Å²) in [4.78, 5) is 12.6. The first kappa shape index (κ1) is 21.0. The van der Waals surface area contributed by atoms with Crippen molar-refractivity contribution in [3.05, 3.63) is 59.2 Å². The summed E-state index contributed by atoms with van der Waals surface area (Å²) in [5, 5.41) is 2.78. The van der Waals surface area contributed by atoms with Crippen molar-refractivity contribution in [3.63, 3.8) is 0 Å². The molecule has 0 unspecified atom stereocenters. The minimum absolute atomic E-state index is 0.171. The van der Waals surface area contributed by atoms with Gasteiger partial charge in [0.05, 0.1) is 16.1 Å². The third-order valence-corrected chi connectivity index (χ3v) is 5.80. The monoisotopic (exact) mass is 388 g/mol. The lowest BCUT2D eigenvalue weighted by molar-refractivity contribution is 0.0954. The largest absolute Gasteiger partial charge is 0.352 e. The Kier molecular flexibility index (Phi) is 6.31. The Hall–Kier alpha value is -2.34. The number of sulfonamides is 1. The van der Waals surface area contributed by atoms with Crippen LogP contribution in [0.3, 0.4) is 0 Å². The van der Waals surface area contributed by atoms with Crippen LogP contribution >= 0.6 is 0 Å². The molecule has 0 bridgehead atoms. The summed E-state index contributed by atoms with van der Waals surface area (Å²) in [5.41, 5.74) is 1.99. The topological polar surface area (TPSA) is 75.3 Å². The van der Waals surface area contributed by atoms with Gasteiger partial charge >= 0.3 is 0 Å². The smallest absolute Gasteiger partial charge is 0.262 e. The average molecular weight is 389 g/mol. The summed E-state index contributed by atoms with van der Waals surface area (Å²) in [6.07, 6.45) is 0.804. The van der Waals surface area contributed by atoms with Gasteiger partial charge in [0.15, 0.2) is 0 Å². The predicted octanol–water partition coefficient (Wildman–Crippen LogP) is 4.23. The second-order valence-electron chi connectivity index (χ2n) is 7.64. The van der Waals surface area contributed by atoms with Crippen LogP contribution in [0.15, 0.2) is 47.4 Å². The number of amides is 1. The highest BCUT2D eigenvalue weighted by Crippen LogP contribution is 2.28. The molecule has 0 spiro atoms. The molecule has 0 atom stereocenters. The van der Waals surface area contributed by atoms with E-state index in [0.717, 1.165) is 12.0 Å². The van der Waals surface area contributed by atoms with Gasteiger partial charge in [0.2, 0.25) is 0 Å². The molecular formula is C21H28N2O3S. The van der Waals surface area contributed by atoms with E-state index in [2.05, 4.69) is 10.0 Å². The molecule has 0 aliphatic carbocycles. The Morgan fingerprint density at radius 1 is 1.07 bits per heavy atom. The minimum Gasteiger partial charge on any atom is -0.352 e. The maximum Gasteiger partial charge on any atom is 0.262 e. The summed E-state index contributed by atoms with van der Waals surface area (Å²) < 4.78 is 28.7. The van der Waals surface area contributed by atoms with Crippen LogP contribution in [0.2, 0.25) is 0 Å². The quantitative estimate of drug-likeness (QED) is 0.777. The molecule has 0 saturated heterocycles.